The minimum Gasteiger partial charge on any atom is -0.480 e. The summed E-state index contributed by atoms with van der Waals surface area (Å²) in [4.78, 5) is 31.5. The number of aromatic amines is 1. The van der Waals surface area contributed by atoms with Crippen LogP contribution in [-0.4, -0.2) is 77.5 Å². The first-order valence-corrected chi connectivity index (χ1v) is 14.5. The number of aryl methyl sites for hydroxylation is 1. The Morgan fingerprint density at radius 3 is 2.40 bits per heavy atom. The zero-order chi connectivity index (χ0) is 28.3. The maximum absolute atomic E-state index is 12.3. The SMILES string of the molecule is Cn1ccnc1CN(Cc1ccc(CN2CC3(CCN(CC(C)(C)C)CC3)C[C@@H]2C(=O)O)cc1)Cc1ncc[nH]1. The van der Waals surface area contributed by atoms with Crippen LogP contribution in [-0.2, 0) is 38.0 Å². The lowest BCUT2D eigenvalue weighted by Crippen LogP contribution is -2.44. The zero-order valence-corrected chi connectivity index (χ0v) is 24.5. The van der Waals surface area contributed by atoms with Gasteiger partial charge in [-0.05, 0) is 54.3 Å². The molecule has 1 atom stereocenters. The number of aromatic nitrogens is 4. The standard InChI is InChI=1S/C31H45N7O2/c1-30(2,3)22-36-14-9-31(10-15-36)17-26(29(39)40)38(23-31)19-25-7-5-24(6-8-25)18-37(20-27-32-11-12-33-27)21-28-34-13-16-35(28)4/h5-8,11-13,16,26H,9-10,14-15,17-23H2,1-4H3,(H,32,33)(H,39,40)/t26-/m1/s1. The van der Waals surface area contributed by atoms with Crippen LogP contribution < -0.4 is 0 Å². The molecule has 2 aliphatic heterocycles. The van der Waals surface area contributed by atoms with E-state index in [1.54, 1.807) is 6.20 Å². The Balaban J connectivity index is 1.21. The van der Waals surface area contributed by atoms with Gasteiger partial charge < -0.3 is 19.6 Å². The van der Waals surface area contributed by atoms with Gasteiger partial charge in [0, 0.05) is 58.0 Å². The highest BCUT2D eigenvalue weighted by Crippen LogP contribution is 2.44. The van der Waals surface area contributed by atoms with Crippen LogP contribution >= 0.6 is 0 Å². The van der Waals surface area contributed by atoms with Crippen molar-refractivity contribution in [3.63, 3.8) is 0 Å². The topological polar surface area (TPSA) is 93.5 Å². The van der Waals surface area contributed by atoms with Crippen LogP contribution in [0.25, 0.3) is 0 Å². The molecule has 9 heteroatoms. The number of hydrogen-bond acceptors (Lipinski definition) is 6. The molecule has 2 saturated heterocycles. The molecule has 2 fully saturated rings. The predicted molar refractivity (Wildman–Crippen MR) is 155 cm³/mol. The third kappa shape index (κ3) is 7.19. The summed E-state index contributed by atoms with van der Waals surface area (Å²) in [5.41, 5.74) is 2.78. The lowest BCUT2D eigenvalue weighted by atomic mass is 9.76. The van der Waals surface area contributed by atoms with Crippen molar-refractivity contribution in [2.75, 3.05) is 26.2 Å². The fourth-order valence-electron chi connectivity index (χ4n) is 6.53. The summed E-state index contributed by atoms with van der Waals surface area (Å²) in [5.74, 6) is 1.25. The number of imidazole rings is 2. The fraction of sp³-hybridized carbons (Fsp3) is 0.581. The lowest BCUT2D eigenvalue weighted by molar-refractivity contribution is -0.142. The van der Waals surface area contributed by atoms with Crippen LogP contribution in [0.2, 0.25) is 0 Å². The smallest absolute Gasteiger partial charge is 0.320 e. The van der Waals surface area contributed by atoms with Gasteiger partial charge in [0.1, 0.15) is 17.7 Å². The van der Waals surface area contributed by atoms with Crippen molar-refractivity contribution < 1.29 is 9.90 Å². The van der Waals surface area contributed by atoms with E-state index in [-0.39, 0.29) is 10.8 Å². The number of likely N-dealkylation sites (tertiary alicyclic amines) is 2. The summed E-state index contributed by atoms with van der Waals surface area (Å²) in [6.07, 6.45) is 10.4. The van der Waals surface area contributed by atoms with Crippen LogP contribution in [0.5, 0.6) is 0 Å². The first-order chi connectivity index (χ1) is 19.1. The van der Waals surface area contributed by atoms with E-state index in [0.29, 0.717) is 13.1 Å². The maximum Gasteiger partial charge on any atom is 0.320 e. The van der Waals surface area contributed by atoms with Gasteiger partial charge in [-0.15, -0.1) is 0 Å². The average molecular weight is 548 g/mol. The summed E-state index contributed by atoms with van der Waals surface area (Å²) in [5, 5.41) is 10.1. The van der Waals surface area contributed by atoms with E-state index in [0.717, 1.165) is 70.2 Å². The van der Waals surface area contributed by atoms with Gasteiger partial charge in [-0.1, -0.05) is 45.0 Å². The number of hydrogen-bond donors (Lipinski definition) is 2. The maximum atomic E-state index is 12.3. The molecule has 0 aliphatic carbocycles. The monoisotopic (exact) mass is 547 g/mol. The summed E-state index contributed by atoms with van der Waals surface area (Å²) < 4.78 is 2.05. The minimum atomic E-state index is -0.687. The molecule has 4 heterocycles. The normalized spacial score (nSPS) is 20.1. The molecule has 2 N–H and O–H groups in total. The number of H-pyrrole nitrogens is 1. The van der Waals surface area contributed by atoms with E-state index >= 15 is 0 Å². The highest BCUT2D eigenvalue weighted by Gasteiger charge is 2.48. The molecule has 1 aromatic carbocycles. The second-order valence-electron chi connectivity index (χ2n) is 13.3. The molecule has 40 heavy (non-hydrogen) atoms. The van der Waals surface area contributed by atoms with Crippen molar-refractivity contribution >= 4 is 5.97 Å². The molecule has 0 amide bonds. The van der Waals surface area contributed by atoms with Crippen molar-refractivity contribution in [1.82, 2.24) is 34.2 Å². The van der Waals surface area contributed by atoms with Crippen LogP contribution in [0, 0.1) is 10.8 Å². The van der Waals surface area contributed by atoms with Gasteiger partial charge in [-0.3, -0.25) is 14.6 Å². The van der Waals surface area contributed by atoms with Gasteiger partial charge in [-0.25, -0.2) is 9.97 Å². The Morgan fingerprint density at radius 1 is 1.07 bits per heavy atom. The number of carboxylic acid groups (broad SMARTS) is 1. The van der Waals surface area contributed by atoms with E-state index < -0.39 is 12.0 Å². The molecule has 2 aromatic heterocycles. The summed E-state index contributed by atoms with van der Waals surface area (Å²) in [7, 11) is 2.02. The van der Waals surface area contributed by atoms with Crippen molar-refractivity contribution in [3.8, 4) is 0 Å². The second kappa shape index (κ2) is 11.8. The van der Waals surface area contributed by atoms with Gasteiger partial charge in [0.05, 0.1) is 13.1 Å². The largest absolute Gasteiger partial charge is 0.480 e. The molecule has 0 saturated carbocycles. The van der Waals surface area contributed by atoms with Gasteiger partial charge >= 0.3 is 5.97 Å². The van der Waals surface area contributed by atoms with Crippen LogP contribution in [0.15, 0.2) is 49.1 Å². The van der Waals surface area contributed by atoms with Crippen molar-refractivity contribution in [2.45, 2.75) is 72.3 Å². The molecule has 0 radical (unpaired) electrons. The van der Waals surface area contributed by atoms with E-state index in [9.17, 15) is 9.90 Å². The molecular weight excluding hydrogens is 502 g/mol. The van der Waals surface area contributed by atoms with E-state index in [1.807, 2.05) is 30.2 Å². The lowest BCUT2D eigenvalue weighted by Gasteiger charge is -2.41. The molecule has 216 valence electrons. The summed E-state index contributed by atoms with van der Waals surface area (Å²) in [6, 6.07) is 8.27. The number of aliphatic carboxylic acids is 1. The number of rotatable bonds is 10. The number of nitrogens with zero attached hydrogens (tertiary/aromatic N) is 6. The van der Waals surface area contributed by atoms with Gasteiger partial charge in [-0.2, -0.15) is 0 Å². The Morgan fingerprint density at radius 2 is 1.80 bits per heavy atom. The Labute approximate surface area is 238 Å². The van der Waals surface area contributed by atoms with Crippen molar-refractivity contribution in [3.05, 3.63) is 71.8 Å². The minimum absolute atomic E-state index is 0.120. The van der Waals surface area contributed by atoms with E-state index in [1.165, 1.54) is 11.1 Å². The molecule has 5 rings (SSSR count). The zero-order valence-electron chi connectivity index (χ0n) is 24.5. The quantitative estimate of drug-likeness (QED) is 0.394. The second-order valence-corrected chi connectivity index (χ2v) is 13.3. The molecule has 3 aromatic rings. The first kappa shape index (κ1) is 28.5. The molecule has 0 unspecified atom stereocenters. The predicted octanol–water partition coefficient (Wildman–Crippen LogP) is 4.13. The fourth-order valence-corrected chi connectivity index (χ4v) is 6.53. The molecule has 2 aliphatic rings. The molecule has 1 spiro atoms. The van der Waals surface area contributed by atoms with Crippen LogP contribution in [0.4, 0.5) is 0 Å². The Hall–Kier alpha value is -3.01. The Bertz CT molecular complexity index is 1240. The highest BCUT2D eigenvalue weighted by molar-refractivity contribution is 5.74. The molecule has 0 bridgehead atoms. The van der Waals surface area contributed by atoms with Gasteiger partial charge in [0.25, 0.3) is 0 Å². The van der Waals surface area contributed by atoms with Crippen molar-refractivity contribution in [2.24, 2.45) is 17.9 Å². The molecule has 9 nitrogen and oxygen atoms in total. The Kier molecular flexibility index (Phi) is 8.44. The number of carbonyl (C=O) groups is 1. The van der Waals surface area contributed by atoms with Crippen molar-refractivity contribution in [1.29, 1.82) is 0 Å². The third-order valence-corrected chi connectivity index (χ3v) is 8.53. The number of benzene rings is 1. The third-order valence-electron chi connectivity index (χ3n) is 8.53. The van der Waals surface area contributed by atoms with Gasteiger partial charge in [0.2, 0.25) is 0 Å². The van der Waals surface area contributed by atoms with Gasteiger partial charge in [0.15, 0.2) is 0 Å². The summed E-state index contributed by atoms with van der Waals surface area (Å²) in [6.45, 7) is 13.8. The average Bonchev–Trinajstić information content (AvgIpc) is 3.63. The first-order valence-electron chi connectivity index (χ1n) is 14.5. The van der Waals surface area contributed by atoms with E-state index in [4.69, 9.17) is 0 Å². The van der Waals surface area contributed by atoms with Crippen LogP contribution in [0.3, 0.4) is 0 Å². The summed E-state index contributed by atoms with van der Waals surface area (Å²) >= 11 is 0. The molecular formula is C31H45N7O2. The number of carboxylic acids is 1. The van der Waals surface area contributed by atoms with E-state index in [2.05, 4.69) is 74.7 Å². The number of nitrogens with one attached hydrogen (secondary N) is 1. The number of piperidine rings is 1. The van der Waals surface area contributed by atoms with Crippen LogP contribution in [0.1, 0.15) is 62.8 Å². The highest BCUT2D eigenvalue weighted by atomic mass is 16.4.